The van der Waals surface area contributed by atoms with Crippen LogP contribution in [0.3, 0.4) is 0 Å². The molecule has 1 aliphatic rings. The number of halogens is 5. The molecule has 28 heavy (non-hydrogen) atoms. The number of ether oxygens (including phenoxy) is 1. The maximum absolute atomic E-state index is 13.2. The Labute approximate surface area is 169 Å². The Morgan fingerprint density at radius 1 is 1.29 bits per heavy atom. The zero-order valence-electron chi connectivity index (χ0n) is 14.6. The molecule has 2 aromatic rings. The number of nitrogens with one attached hydrogen (secondary N) is 1. The lowest BCUT2D eigenvalue weighted by Crippen LogP contribution is -2.29. The highest BCUT2D eigenvalue weighted by Crippen LogP contribution is 2.34. The van der Waals surface area contributed by atoms with Crippen molar-refractivity contribution in [2.24, 2.45) is 0 Å². The Morgan fingerprint density at radius 2 is 2.00 bits per heavy atom. The van der Waals surface area contributed by atoms with Crippen molar-refractivity contribution >= 4 is 33.2 Å². The van der Waals surface area contributed by atoms with Crippen molar-refractivity contribution in [1.82, 2.24) is 14.5 Å². The van der Waals surface area contributed by atoms with Crippen LogP contribution in [0, 0.1) is 6.92 Å². The molecule has 1 aliphatic heterocycles. The smallest absolute Gasteiger partial charge is 0.376 e. The van der Waals surface area contributed by atoms with E-state index in [0.717, 1.165) is 0 Å². The Morgan fingerprint density at radius 3 is 2.68 bits per heavy atom. The van der Waals surface area contributed by atoms with E-state index in [-0.39, 0.29) is 48.2 Å². The maximum atomic E-state index is 13.2. The van der Waals surface area contributed by atoms with Crippen LogP contribution in [-0.4, -0.2) is 31.3 Å². The summed E-state index contributed by atoms with van der Waals surface area (Å²) in [5, 5.41) is 3.91. The zero-order chi connectivity index (χ0) is 20.7. The van der Waals surface area contributed by atoms with E-state index in [2.05, 4.69) is 9.82 Å². The Kier molecular flexibility index (Phi) is 5.98. The van der Waals surface area contributed by atoms with Crippen molar-refractivity contribution < 1.29 is 26.3 Å². The van der Waals surface area contributed by atoms with Gasteiger partial charge in [0.05, 0.1) is 24.8 Å². The van der Waals surface area contributed by atoms with E-state index in [0.29, 0.717) is 16.3 Å². The van der Waals surface area contributed by atoms with Crippen molar-refractivity contribution in [3.05, 3.63) is 44.7 Å². The molecule has 6 nitrogen and oxygen atoms in total. The summed E-state index contributed by atoms with van der Waals surface area (Å²) in [5.41, 5.74) is -0.0695. The third kappa shape index (κ3) is 4.30. The van der Waals surface area contributed by atoms with E-state index in [1.165, 1.54) is 16.8 Å². The molecule has 3 rings (SSSR count). The first kappa shape index (κ1) is 21.4. The second kappa shape index (κ2) is 7.83. The second-order valence-corrected chi connectivity index (χ2v) is 8.78. The van der Waals surface area contributed by atoms with Gasteiger partial charge in [-0.25, -0.2) is 13.1 Å². The van der Waals surface area contributed by atoms with Gasteiger partial charge in [0, 0.05) is 29.2 Å². The summed E-state index contributed by atoms with van der Waals surface area (Å²) in [5.74, 6) is 0. The van der Waals surface area contributed by atoms with E-state index >= 15 is 0 Å². The molecular formula is C16H16Cl2F3N3O3S. The molecule has 1 aromatic carbocycles. The fraction of sp³-hybridized carbons (Fsp3) is 0.438. The quantitative estimate of drug-likeness (QED) is 0.744. The SMILES string of the molecule is Cc1cc(S(=O)(=O)NCCn2nc(C(F)(F)F)c3c2CCOC3)c(Cl)cc1Cl. The maximum Gasteiger partial charge on any atom is 0.435 e. The number of benzene rings is 1. The highest BCUT2D eigenvalue weighted by atomic mass is 35.5. The lowest BCUT2D eigenvalue weighted by atomic mass is 10.1. The molecule has 0 fully saturated rings. The summed E-state index contributed by atoms with van der Waals surface area (Å²) >= 11 is 11.9. The van der Waals surface area contributed by atoms with Crippen LogP contribution in [0.1, 0.15) is 22.5 Å². The van der Waals surface area contributed by atoms with E-state index in [1.807, 2.05) is 0 Å². The first-order valence-corrected chi connectivity index (χ1v) is 10.4. The van der Waals surface area contributed by atoms with Crippen molar-refractivity contribution in [3.8, 4) is 0 Å². The van der Waals surface area contributed by atoms with Crippen LogP contribution in [-0.2, 0) is 40.5 Å². The van der Waals surface area contributed by atoms with Gasteiger partial charge in [-0.05, 0) is 24.6 Å². The van der Waals surface area contributed by atoms with Crippen LogP contribution in [0.25, 0.3) is 0 Å². The molecule has 0 spiro atoms. The molecule has 0 unspecified atom stereocenters. The summed E-state index contributed by atoms with van der Waals surface area (Å²) in [4.78, 5) is -0.150. The monoisotopic (exact) mass is 457 g/mol. The van der Waals surface area contributed by atoms with Crippen molar-refractivity contribution in [3.63, 3.8) is 0 Å². The van der Waals surface area contributed by atoms with Crippen molar-refractivity contribution in [1.29, 1.82) is 0 Å². The minimum Gasteiger partial charge on any atom is -0.376 e. The predicted octanol–water partition coefficient (Wildman–Crippen LogP) is 3.57. The molecule has 0 amide bonds. The number of fused-ring (bicyclic) bond motifs is 1. The standard InChI is InChI=1S/C16H16Cl2F3N3O3S/c1-9-6-14(12(18)7-11(9)17)28(25,26)22-3-4-24-13-2-5-27-8-10(13)15(23-24)16(19,20)21/h6-7,22H,2-5,8H2,1H3. The van der Waals surface area contributed by atoms with Crippen LogP contribution in [0.5, 0.6) is 0 Å². The molecule has 0 atom stereocenters. The second-order valence-electron chi connectivity index (χ2n) is 6.23. The summed E-state index contributed by atoms with van der Waals surface area (Å²) in [6.07, 6.45) is -4.34. The van der Waals surface area contributed by atoms with Gasteiger partial charge < -0.3 is 4.74 Å². The molecule has 1 N–H and O–H groups in total. The lowest BCUT2D eigenvalue weighted by molar-refractivity contribution is -0.142. The number of hydrogen-bond donors (Lipinski definition) is 1. The minimum atomic E-state index is -4.61. The molecule has 2 heterocycles. The average molecular weight is 458 g/mol. The number of alkyl halides is 3. The summed E-state index contributed by atoms with van der Waals surface area (Å²) < 4.78 is 73.1. The fourth-order valence-electron chi connectivity index (χ4n) is 2.92. The molecule has 0 saturated heterocycles. The number of sulfonamides is 1. The Balaban J connectivity index is 1.78. The van der Waals surface area contributed by atoms with E-state index in [1.54, 1.807) is 6.92 Å². The molecule has 1 aromatic heterocycles. The van der Waals surface area contributed by atoms with Gasteiger partial charge in [0.2, 0.25) is 10.0 Å². The van der Waals surface area contributed by atoms with Gasteiger partial charge in [-0.2, -0.15) is 18.3 Å². The molecular weight excluding hydrogens is 442 g/mol. The average Bonchev–Trinajstić information content (AvgIpc) is 2.97. The van der Waals surface area contributed by atoms with Crippen LogP contribution < -0.4 is 4.72 Å². The lowest BCUT2D eigenvalue weighted by Gasteiger charge is -2.16. The summed E-state index contributed by atoms with van der Waals surface area (Å²) in [6, 6.07) is 2.66. The minimum absolute atomic E-state index is 0.00187. The number of aryl methyl sites for hydroxylation is 1. The third-order valence-electron chi connectivity index (χ3n) is 4.28. The molecule has 0 saturated carbocycles. The van der Waals surface area contributed by atoms with Crippen LogP contribution in [0.15, 0.2) is 17.0 Å². The number of aromatic nitrogens is 2. The highest BCUT2D eigenvalue weighted by Gasteiger charge is 2.39. The topological polar surface area (TPSA) is 73.2 Å². The molecule has 12 heteroatoms. The van der Waals surface area contributed by atoms with Gasteiger partial charge in [0.1, 0.15) is 4.90 Å². The van der Waals surface area contributed by atoms with E-state index in [4.69, 9.17) is 27.9 Å². The van der Waals surface area contributed by atoms with Gasteiger partial charge in [0.25, 0.3) is 0 Å². The third-order valence-corrected chi connectivity index (χ3v) is 6.62. The van der Waals surface area contributed by atoms with Crippen LogP contribution in [0.2, 0.25) is 10.0 Å². The summed E-state index contributed by atoms with van der Waals surface area (Å²) in [7, 11) is -3.97. The zero-order valence-corrected chi connectivity index (χ0v) is 16.9. The van der Waals surface area contributed by atoms with Gasteiger partial charge >= 0.3 is 6.18 Å². The predicted molar refractivity (Wildman–Crippen MR) is 97.0 cm³/mol. The van der Waals surface area contributed by atoms with Crippen molar-refractivity contribution in [2.45, 2.75) is 37.6 Å². The largest absolute Gasteiger partial charge is 0.435 e. The Bertz CT molecular complexity index is 1010. The molecule has 154 valence electrons. The Hall–Kier alpha value is -1.33. The number of rotatable bonds is 5. The van der Waals surface area contributed by atoms with Gasteiger partial charge in [-0.1, -0.05) is 23.2 Å². The van der Waals surface area contributed by atoms with E-state index in [9.17, 15) is 21.6 Å². The first-order chi connectivity index (χ1) is 13.0. The molecule has 0 bridgehead atoms. The van der Waals surface area contributed by atoms with Gasteiger partial charge in [-0.3, -0.25) is 4.68 Å². The van der Waals surface area contributed by atoms with Gasteiger partial charge in [-0.15, -0.1) is 0 Å². The van der Waals surface area contributed by atoms with Crippen LogP contribution in [0.4, 0.5) is 13.2 Å². The van der Waals surface area contributed by atoms with Gasteiger partial charge in [0.15, 0.2) is 5.69 Å². The highest BCUT2D eigenvalue weighted by molar-refractivity contribution is 7.89. The fourth-order valence-corrected chi connectivity index (χ4v) is 4.77. The van der Waals surface area contributed by atoms with Crippen molar-refractivity contribution in [2.75, 3.05) is 13.2 Å². The number of nitrogens with zero attached hydrogens (tertiary/aromatic N) is 2. The first-order valence-electron chi connectivity index (χ1n) is 8.19. The molecule has 0 radical (unpaired) electrons. The number of hydrogen-bond acceptors (Lipinski definition) is 4. The summed E-state index contributed by atoms with van der Waals surface area (Å²) in [6.45, 7) is 1.51. The van der Waals surface area contributed by atoms with E-state index < -0.39 is 21.9 Å². The normalized spacial score (nSPS) is 14.9. The van der Waals surface area contributed by atoms with Crippen LogP contribution >= 0.6 is 23.2 Å². The molecule has 0 aliphatic carbocycles.